The minimum absolute atomic E-state index is 0.0836. The summed E-state index contributed by atoms with van der Waals surface area (Å²) in [6, 6.07) is 5.95. The third kappa shape index (κ3) is 4.78. The van der Waals surface area contributed by atoms with E-state index in [0.29, 0.717) is 25.7 Å². The second kappa shape index (κ2) is 8.11. The van der Waals surface area contributed by atoms with Crippen LogP contribution in [0.4, 0.5) is 8.78 Å². The number of ether oxygens (including phenoxy) is 1. The maximum atomic E-state index is 13.6. The van der Waals surface area contributed by atoms with Crippen LogP contribution >= 0.6 is 0 Å². The molecule has 3 rings (SSSR count). The summed E-state index contributed by atoms with van der Waals surface area (Å²) in [5.74, 6) is -2.76. The van der Waals surface area contributed by atoms with Crippen molar-refractivity contribution in [3.63, 3.8) is 0 Å². The number of aliphatic carboxylic acids is 1. The van der Waals surface area contributed by atoms with Gasteiger partial charge in [-0.2, -0.15) is 0 Å². The summed E-state index contributed by atoms with van der Waals surface area (Å²) < 4.78 is 32.1. The number of amides is 1. The lowest BCUT2D eigenvalue weighted by Crippen LogP contribution is -2.38. The molecule has 0 saturated heterocycles. The van der Waals surface area contributed by atoms with Gasteiger partial charge in [0.15, 0.2) is 0 Å². The van der Waals surface area contributed by atoms with Crippen LogP contribution in [-0.4, -0.2) is 28.0 Å². The fraction of sp³-hybridized carbons (Fsp3) is 0.316. The SMILES string of the molecule is O=C(N[C@H]1CC[C@H](C(=O)O)CC1)c1cc(F)cnc1Oc1ccc(F)cc1. The Morgan fingerprint density at radius 2 is 1.74 bits per heavy atom. The molecule has 6 nitrogen and oxygen atoms in total. The minimum Gasteiger partial charge on any atom is -0.481 e. The Kier molecular flexibility index (Phi) is 5.63. The molecule has 1 aromatic carbocycles. The smallest absolute Gasteiger partial charge is 0.306 e. The number of nitrogens with one attached hydrogen (secondary N) is 1. The summed E-state index contributed by atoms with van der Waals surface area (Å²) in [7, 11) is 0. The molecule has 0 aliphatic heterocycles. The number of nitrogens with zero attached hydrogens (tertiary/aromatic N) is 1. The van der Waals surface area contributed by atoms with E-state index in [1.165, 1.54) is 24.3 Å². The quantitative estimate of drug-likeness (QED) is 0.834. The molecule has 1 aliphatic rings. The Bertz CT molecular complexity index is 834. The summed E-state index contributed by atoms with van der Waals surface area (Å²) in [4.78, 5) is 27.4. The van der Waals surface area contributed by atoms with Crippen molar-refractivity contribution in [2.24, 2.45) is 5.92 Å². The molecule has 0 bridgehead atoms. The van der Waals surface area contributed by atoms with Gasteiger partial charge in [0.1, 0.15) is 22.9 Å². The van der Waals surface area contributed by atoms with Crippen molar-refractivity contribution in [3.8, 4) is 11.6 Å². The highest BCUT2D eigenvalue weighted by molar-refractivity contribution is 5.96. The minimum atomic E-state index is -0.830. The molecular weight excluding hydrogens is 358 g/mol. The maximum Gasteiger partial charge on any atom is 0.306 e. The number of hydrogen-bond acceptors (Lipinski definition) is 4. The fourth-order valence-electron chi connectivity index (χ4n) is 3.03. The lowest BCUT2D eigenvalue weighted by atomic mass is 9.86. The summed E-state index contributed by atoms with van der Waals surface area (Å²) in [5.41, 5.74) is -0.0836. The Balaban J connectivity index is 1.71. The van der Waals surface area contributed by atoms with Crippen molar-refractivity contribution in [1.29, 1.82) is 0 Å². The number of rotatable bonds is 5. The molecule has 2 aromatic rings. The first kappa shape index (κ1) is 18.8. The molecule has 0 spiro atoms. The summed E-state index contributed by atoms with van der Waals surface area (Å²) in [6.07, 6.45) is 2.92. The second-order valence-corrected chi connectivity index (χ2v) is 6.42. The van der Waals surface area contributed by atoms with Gasteiger partial charge in [-0.25, -0.2) is 13.8 Å². The lowest BCUT2D eigenvalue weighted by molar-refractivity contribution is -0.142. The molecule has 1 aliphatic carbocycles. The lowest BCUT2D eigenvalue weighted by Gasteiger charge is -2.27. The van der Waals surface area contributed by atoms with Gasteiger partial charge >= 0.3 is 5.97 Å². The number of hydrogen-bond donors (Lipinski definition) is 2. The van der Waals surface area contributed by atoms with Crippen molar-refractivity contribution in [1.82, 2.24) is 10.3 Å². The molecule has 142 valence electrons. The van der Waals surface area contributed by atoms with Gasteiger partial charge in [-0.1, -0.05) is 0 Å². The van der Waals surface area contributed by atoms with E-state index in [2.05, 4.69) is 10.3 Å². The average molecular weight is 376 g/mol. The molecular formula is C19H18F2N2O4. The van der Waals surface area contributed by atoms with Crippen molar-refractivity contribution in [3.05, 3.63) is 53.7 Å². The average Bonchev–Trinajstić information content (AvgIpc) is 2.65. The van der Waals surface area contributed by atoms with E-state index in [1.807, 2.05) is 0 Å². The molecule has 1 saturated carbocycles. The zero-order valence-electron chi connectivity index (χ0n) is 14.3. The van der Waals surface area contributed by atoms with Gasteiger partial charge in [-0.15, -0.1) is 0 Å². The third-order valence-corrected chi connectivity index (χ3v) is 4.50. The van der Waals surface area contributed by atoms with Crippen LogP contribution in [0.25, 0.3) is 0 Å². The molecule has 8 heteroatoms. The normalized spacial score (nSPS) is 19.3. The highest BCUT2D eigenvalue weighted by Crippen LogP contribution is 2.27. The molecule has 0 radical (unpaired) electrons. The number of pyridine rings is 1. The Labute approximate surface area is 154 Å². The van der Waals surface area contributed by atoms with Crippen LogP contribution < -0.4 is 10.1 Å². The van der Waals surface area contributed by atoms with Gasteiger partial charge in [0.05, 0.1) is 12.1 Å². The monoisotopic (exact) mass is 376 g/mol. The van der Waals surface area contributed by atoms with E-state index in [0.717, 1.165) is 12.3 Å². The zero-order chi connectivity index (χ0) is 19.4. The summed E-state index contributed by atoms with van der Waals surface area (Å²) in [6.45, 7) is 0. The molecule has 1 heterocycles. The second-order valence-electron chi connectivity index (χ2n) is 6.42. The molecule has 0 unspecified atom stereocenters. The van der Waals surface area contributed by atoms with E-state index >= 15 is 0 Å². The van der Waals surface area contributed by atoms with E-state index in [4.69, 9.17) is 9.84 Å². The van der Waals surface area contributed by atoms with Gasteiger partial charge in [0, 0.05) is 6.04 Å². The van der Waals surface area contributed by atoms with Crippen LogP contribution in [0, 0.1) is 17.6 Å². The summed E-state index contributed by atoms with van der Waals surface area (Å²) >= 11 is 0. The molecule has 1 aromatic heterocycles. The Morgan fingerprint density at radius 1 is 1.07 bits per heavy atom. The topological polar surface area (TPSA) is 88.5 Å². The third-order valence-electron chi connectivity index (χ3n) is 4.50. The molecule has 27 heavy (non-hydrogen) atoms. The number of carbonyl (C=O) groups is 2. The number of aromatic nitrogens is 1. The molecule has 1 fully saturated rings. The first-order valence-electron chi connectivity index (χ1n) is 8.55. The van der Waals surface area contributed by atoms with Crippen LogP contribution in [-0.2, 0) is 4.79 Å². The van der Waals surface area contributed by atoms with Crippen LogP contribution in [0.1, 0.15) is 36.0 Å². The van der Waals surface area contributed by atoms with E-state index < -0.39 is 29.4 Å². The van der Waals surface area contributed by atoms with Crippen molar-refractivity contribution in [2.45, 2.75) is 31.7 Å². The van der Waals surface area contributed by atoms with Crippen LogP contribution in [0.2, 0.25) is 0 Å². The number of halogens is 2. The van der Waals surface area contributed by atoms with E-state index in [9.17, 15) is 18.4 Å². The van der Waals surface area contributed by atoms with Crippen LogP contribution in [0.5, 0.6) is 11.6 Å². The van der Waals surface area contributed by atoms with Crippen molar-refractivity contribution in [2.75, 3.05) is 0 Å². The van der Waals surface area contributed by atoms with Gasteiger partial charge in [-0.3, -0.25) is 9.59 Å². The predicted octanol–water partition coefficient (Wildman–Crippen LogP) is 3.53. The first-order chi connectivity index (χ1) is 12.9. The number of benzene rings is 1. The molecule has 2 N–H and O–H groups in total. The van der Waals surface area contributed by atoms with Gasteiger partial charge in [0.2, 0.25) is 5.88 Å². The highest BCUT2D eigenvalue weighted by atomic mass is 19.1. The van der Waals surface area contributed by atoms with Crippen molar-refractivity contribution >= 4 is 11.9 Å². The van der Waals surface area contributed by atoms with E-state index in [-0.39, 0.29) is 23.2 Å². The first-order valence-corrected chi connectivity index (χ1v) is 8.55. The zero-order valence-corrected chi connectivity index (χ0v) is 14.3. The summed E-state index contributed by atoms with van der Waals surface area (Å²) in [5, 5.41) is 11.8. The van der Waals surface area contributed by atoms with Crippen LogP contribution in [0.15, 0.2) is 36.5 Å². The van der Waals surface area contributed by atoms with Gasteiger partial charge in [0.25, 0.3) is 5.91 Å². The highest BCUT2D eigenvalue weighted by Gasteiger charge is 2.28. The Morgan fingerprint density at radius 3 is 2.37 bits per heavy atom. The number of carboxylic acid groups (broad SMARTS) is 1. The maximum absolute atomic E-state index is 13.6. The predicted molar refractivity (Wildman–Crippen MR) is 91.5 cm³/mol. The molecule has 0 atom stereocenters. The Hall–Kier alpha value is -3.03. The largest absolute Gasteiger partial charge is 0.481 e. The van der Waals surface area contributed by atoms with E-state index in [1.54, 1.807) is 0 Å². The standard InChI is InChI=1S/C19H18F2N2O4/c20-12-3-7-15(8-4-12)27-18-16(9-13(21)10-22-18)17(24)23-14-5-1-11(2-6-14)19(25)26/h3-4,7-11,14H,1-2,5-6H2,(H,23,24)(H,25,26)/t11-,14-. The van der Waals surface area contributed by atoms with Gasteiger partial charge in [-0.05, 0) is 56.0 Å². The number of carboxylic acids is 1. The van der Waals surface area contributed by atoms with Crippen LogP contribution in [0.3, 0.4) is 0 Å². The molecule has 1 amide bonds. The van der Waals surface area contributed by atoms with Gasteiger partial charge < -0.3 is 15.2 Å². The fourth-order valence-corrected chi connectivity index (χ4v) is 3.03. The number of carbonyl (C=O) groups excluding carboxylic acids is 1. The van der Waals surface area contributed by atoms with Crippen molar-refractivity contribution < 1.29 is 28.2 Å².